The van der Waals surface area contributed by atoms with Crippen LogP contribution in [0.2, 0.25) is 0 Å². The van der Waals surface area contributed by atoms with Crippen molar-refractivity contribution in [2.24, 2.45) is 11.8 Å². The molecule has 4 saturated heterocycles. The van der Waals surface area contributed by atoms with E-state index in [1.165, 1.54) is 4.90 Å². The summed E-state index contributed by atoms with van der Waals surface area (Å²) < 4.78 is 5.71. The van der Waals surface area contributed by atoms with E-state index in [1.807, 2.05) is 0 Å². The van der Waals surface area contributed by atoms with Gasteiger partial charge in [-0.05, 0) is 39.2 Å². The minimum atomic E-state index is -0.749. The molecule has 4 rings (SSSR count). The highest BCUT2D eigenvalue weighted by Gasteiger charge is 2.63. The van der Waals surface area contributed by atoms with Crippen LogP contribution in [-0.4, -0.2) is 60.0 Å². The van der Waals surface area contributed by atoms with E-state index < -0.39 is 6.04 Å². The van der Waals surface area contributed by atoms with Crippen molar-refractivity contribution >= 4 is 30.1 Å². The Kier molecular flexibility index (Phi) is 4.86. The summed E-state index contributed by atoms with van der Waals surface area (Å²) in [5, 5.41) is 6.18. The van der Waals surface area contributed by atoms with E-state index >= 15 is 0 Å². The lowest BCUT2D eigenvalue weighted by molar-refractivity contribution is -0.149. The third-order valence-corrected chi connectivity index (χ3v) is 5.77. The summed E-state index contributed by atoms with van der Waals surface area (Å²) >= 11 is 0. The Morgan fingerprint density at radius 3 is 2.42 bits per heavy atom. The van der Waals surface area contributed by atoms with Gasteiger partial charge in [-0.25, -0.2) is 0 Å². The summed E-state index contributed by atoms with van der Waals surface area (Å²) in [6.45, 7) is 3.16. The summed E-state index contributed by atoms with van der Waals surface area (Å²) in [5.74, 6) is -1.45. The Balaban J connectivity index is 0.00000169. The van der Waals surface area contributed by atoms with E-state index in [-0.39, 0.29) is 54.2 Å². The number of fused-ring (bicyclic) bond motifs is 5. The number of likely N-dealkylation sites (tertiary alicyclic amines) is 1. The standard InChI is InChI=1S/C16H23N3O4.ClH/c1-8(14(20)18-7-9-3-2-6-17-9)19-15(21)12-10-4-5-11(23-10)13(12)16(19)22;/h8-13,17H,2-7H2,1H3,(H,18,20);1H. The van der Waals surface area contributed by atoms with Gasteiger partial charge in [-0.3, -0.25) is 19.3 Å². The quantitative estimate of drug-likeness (QED) is 0.682. The summed E-state index contributed by atoms with van der Waals surface area (Å²) in [6.07, 6.45) is 3.57. The van der Waals surface area contributed by atoms with Crippen LogP contribution >= 0.6 is 12.4 Å². The molecule has 0 aromatic carbocycles. The number of carbonyl (C=O) groups excluding carboxylic acids is 3. The summed E-state index contributed by atoms with van der Waals surface area (Å²) in [6, 6.07) is -0.457. The lowest BCUT2D eigenvalue weighted by atomic mass is 9.81. The van der Waals surface area contributed by atoms with E-state index in [9.17, 15) is 14.4 Å². The van der Waals surface area contributed by atoms with Gasteiger partial charge in [0.05, 0.1) is 24.0 Å². The van der Waals surface area contributed by atoms with Crippen molar-refractivity contribution in [3.05, 3.63) is 0 Å². The lowest BCUT2D eigenvalue weighted by Crippen LogP contribution is -2.51. The van der Waals surface area contributed by atoms with Crippen LogP contribution in [0.5, 0.6) is 0 Å². The molecule has 24 heavy (non-hydrogen) atoms. The van der Waals surface area contributed by atoms with E-state index in [4.69, 9.17) is 4.74 Å². The Hall–Kier alpha value is -1.18. The third kappa shape index (κ3) is 2.62. The monoisotopic (exact) mass is 357 g/mol. The van der Waals surface area contributed by atoms with Crippen molar-refractivity contribution in [2.75, 3.05) is 13.1 Å². The zero-order valence-electron chi connectivity index (χ0n) is 13.7. The highest BCUT2D eigenvalue weighted by Crippen LogP contribution is 2.48. The molecular weight excluding hydrogens is 334 g/mol. The van der Waals surface area contributed by atoms with Crippen LogP contribution in [0, 0.1) is 11.8 Å². The summed E-state index contributed by atoms with van der Waals surface area (Å²) in [7, 11) is 0. The van der Waals surface area contributed by atoms with Crippen molar-refractivity contribution < 1.29 is 19.1 Å². The molecular formula is C16H24ClN3O4. The molecule has 0 radical (unpaired) electrons. The predicted molar refractivity (Wildman–Crippen MR) is 87.5 cm³/mol. The van der Waals surface area contributed by atoms with Gasteiger partial charge in [0.2, 0.25) is 17.7 Å². The van der Waals surface area contributed by atoms with Crippen LogP contribution in [0.25, 0.3) is 0 Å². The largest absolute Gasteiger partial charge is 0.373 e. The van der Waals surface area contributed by atoms with Gasteiger partial charge >= 0.3 is 0 Å². The highest BCUT2D eigenvalue weighted by atomic mass is 35.5. The van der Waals surface area contributed by atoms with Crippen LogP contribution in [0.1, 0.15) is 32.6 Å². The summed E-state index contributed by atoms with van der Waals surface area (Å²) in [5.41, 5.74) is 0. The molecule has 0 aromatic rings. The number of nitrogens with zero attached hydrogens (tertiary/aromatic N) is 1. The Morgan fingerprint density at radius 1 is 1.25 bits per heavy atom. The molecule has 2 N–H and O–H groups in total. The van der Waals surface area contributed by atoms with E-state index in [2.05, 4.69) is 10.6 Å². The number of hydrogen-bond donors (Lipinski definition) is 2. The molecule has 8 heteroatoms. The number of amides is 3. The van der Waals surface area contributed by atoms with Gasteiger partial charge in [0, 0.05) is 12.6 Å². The van der Waals surface area contributed by atoms with Crippen molar-refractivity contribution in [3.63, 3.8) is 0 Å². The zero-order chi connectivity index (χ0) is 16.1. The SMILES string of the molecule is CC(C(=O)NCC1CCCN1)N1C(=O)C2C3CCC(O3)C2C1=O.Cl. The van der Waals surface area contributed by atoms with Gasteiger partial charge in [-0.2, -0.15) is 0 Å². The van der Waals surface area contributed by atoms with Crippen LogP contribution in [0.3, 0.4) is 0 Å². The van der Waals surface area contributed by atoms with E-state index in [0.717, 1.165) is 32.2 Å². The lowest BCUT2D eigenvalue weighted by Gasteiger charge is -2.24. The first kappa shape index (κ1) is 17.6. The molecule has 6 atom stereocenters. The number of hydrogen-bond acceptors (Lipinski definition) is 5. The molecule has 4 aliphatic rings. The van der Waals surface area contributed by atoms with Crippen LogP contribution < -0.4 is 10.6 Å². The van der Waals surface area contributed by atoms with Gasteiger partial charge in [0.25, 0.3) is 0 Å². The normalized spacial score (nSPS) is 38.2. The molecule has 4 aliphatic heterocycles. The highest BCUT2D eigenvalue weighted by molar-refractivity contribution is 6.09. The molecule has 0 spiro atoms. The molecule has 3 amide bonds. The minimum absolute atomic E-state index is 0. The molecule has 4 fully saturated rings. The average Bonchev–Trinajstić information content (AvgIpc) is 3.29. The summed E-state index contributed by atoms with van der Waals surface area (Å²) in [4.78, 5) is 38.8. The molecule has 0 aliphatic carbocycles. The van der Waals surface area contributed by atoms with E-state index in [0.29, 0.717) is 12.6 Å². The fraction of sp³-hybridized carbons (Fsp3) is 0.812. The number of halogens is 1. The number of rotatable bonds is 4. The Labute approximate surface area is 147 Å². The fourth-order valence-corrected chi connectivity index (χ4v) is 4.54. The third-order valence-electron chi connectivity index (χ3n) is 5.77. The molecule has 0 saturated carbocycles. The number of ether oxygens (including phenoxy) is 1. The van der Waals surface area contributed by atoms with Gasteiger partial charge in [-0.15, -0.1) is 12.4 Å². The Morgan fingerprint density at radius 2 is 1.88 bits per heavy atom. The fourth-order valence-electron chi connectivity index (χ4n) is 4.54. The van der Waals surface area contributed by atoms with Crippen molar-refractivity contribution in [1.82, 2.24) is 15.5 Å². The van der Waals surface area contributed by atoms with E-state index in [1.54, 1.807) is 6.92 Å². The predicted octanol–water partition coefficient (Wildman–Crippen LogP) is -0.173. The maximum absolute atomic E-state index is 12.6. The maximum atomic E-state index is 12.6. The maximum Gasteiger partial charge on any atom is 0.243 e. The topological polar surface area (TPSA) is 87.7 Å². The Bertz CT molecular complexity index is 523. The van der Waals surface area contributed by atoms with Crippen LogP contribution in [0.4, 0.5) is 0 Å². The molecule has 134 valence electrons. The molecule has 7 nitrogen and oxygen atoms in total. The molecule has 2 bridgehead atoms. The van der Waals surface area contributed by atoms with Gasteiger partial charge in [-0.1, -0.05) is 0 Å². The van der Waals surface area contributed by atoms with Crippen molar-refractivity contribution in [2.45, 2.75) is 56.9 Å². The van der Waals surface area contributed by atoms with Crippen molar-refractivity contribution in [3.8, 4) is 0 Å². The second kappa shape index (κ2) is 6.61. The smallest absolute Gasteiger partial charge is 0.243 e. The molecule has 6 unspecified atom stereocenters. The number of carbonyl (C=O) groups is 3. The molecule has 4 heterocycles. The second-order valence-electron chi connectivity index (χ2n) is 7.10. The molecule has 0 aromatic heterocycles. The number of nitrogens with one attached hydrogen (secondary N) is 2. The first-order chi connectivity index (χ1) is 11.1. The first-order valence-electron chi connectivity index (χ1n) is 8.61. The second-order valence-corrected chi connectivity index (χ2v) is 7.10. The first-order valence-corrected chi connectivity index (χ1v) is 8.61. The van der Waals surface area contributed by atoms with Crippen LogP contribution in [-0.2, 0) is 19.1 Å². The zero-order valence-corrected chi connectivity index (χ0v) is 14.5. The van der Waals surface area contributed by atoms with Gasteiger partial charge < -0.3 is 15.4 Å². The van der Waals surface area contributed by atoms with Crippen molar-refractivity contribution in [1.29, 1.82) is 0 Å². The number of imide groups is 1. The van der Waals surface area contributed by atoms with Gasteiger partial charge in [0.15, 0.2) is 0 Å². The minimum Gasteiger partial charge on any atom is -0.373 e. The average molecular weight is 358 g/mol. The van der Waals surface area contributed by atoms with Crippen LogP contribution in [0.15, 0.2) is 0 Å². The van der Waals surface area contributed by atoms with Gasteiger partial charge in [0.1, 0.15) is 6.04 Å².